The monoisotopic (exact) mass is 248 g/mol. The SMILES string of the molecule is CC[C@@H](C)Oc1cccc(OCC2CCCC2)c1. The molecule has 0 spiro atoms. The van der Waals surface area contributed by atoms with Crippen molar-refractivity contribution in [2.45, 2.75) is 52.1 Å². The fourth-order valence-electron chi connectivity index (χ4n) is 2.34. The molecule has 1 aromatic rings. The van der Waals surface area contributed by atoms with Crippen LogP contribution in [0.3, 0.4) is 0 Å². The molecule has 0 unspecified atom stereocenters. The fraction of sp³-hybridized carbons (Fsp3) is 0.625. The van der Waals surface area contributed by atoms with Gasteiger partial charge in [0, 0.05) is 6.07 Å². The van der Waals surface area contributed by atoms with Gasteiger partial charge in [0.15, 0.2) is 0 Å². The van der Waals surface area contributed by atoms with Crippen LogP contribution in [0.25, 0.3) is 0 Å². The van der Waals surface area contributed by atoms with Gasteiger partial charge in [-0.15, -0.1) is 0 Å². The average molecular weight is 248 g/mol. The lowest BCUT2D eigenvalue weighted by molar-refractivity contribution is 0.214. The van der Waals surface area contributed by atoms with Crippen molar-refractivity contribution in [2.24, 2.45) is 5.92 Å². The predicted molar refractivity (Wildman–Crippen MR) is 74.3 cm³/mol. The van der Waals surface area contributed by atoms with Crippen LogP contribution in [0, 0.1) is 5.92 Å². The van der Waals surface area contributed by atoms with Gasteiger partial charge in [-0.3, -0.25) is 0 Å². The Morgan fingerprint density at radius 2 is 1.94 bits per heavy atom. The number of hydrogen-bond acceptors (Lipinski definition) is 2. The molecule has 0 saturated heterocycles. The molecule has 1 aromatic carbocycles. The first-order valence-corrected chi connectivity index (χ1v) is 7.17. The van der Waals surface area contributed by atoms with E-state index in [0.29, 0.717) is 0 Å². The molecule has 18 heavy (non-hydrogen) atoms. The Kier molecular flexibility index (Phi) is 4.91. The molecular weight excluding hydrogens is 224 g/mol. The van der Waals surface area contributed by atoms with Gasteiger partial charge in [0.25, 0.3) is 0 Å². The third-order valence-electron chi connectivity index (χ3n) is 3.68. The van der Waals surface area contributed by atoms with Gasteiger partial charge in [-0.1, -0.05) is 25.8 Å². The highest BCUT2D eigenvalue weighted by Crippen LogP contribution is 2.27. The van der Waals surface area contributed by atoms with E-state index in [-0.39, 0.29) is 6.10 Å². The first-order valence-electron chi connectivity index (χ1n) is 7.17. The summed E-state index contributed by atoms with van der Waals surface area (Å²) in [6.45, 7) is 5.07. The Bertz CT molecular complexity index is 356. The van der Waals surface area contributed by atoms with Crippen LogP contribution in [0.15, 0.2) is 24.3 Å². The fourth-order valence-corrected chi connectivity index (χ4v) is 2.34. The number of hydrogen-bond donors (Lipinski definition) is 0. The maximum atomic E-state index is 5.87. The zero-order valence-electron chi connectivity index (χ0n) is 11.5. The summed E-state index contributed by atoms with van der Waals surface area (Å²) in [5.74, 6) is 2.60. The summed E-state index contributed by atoms with van der Waals surface area (Å²) in [5.41, 5.74) is 0. The maximum absolute atomic E-state index is 5.87. The molecule has 0 aliphatic heterocycles. The first kappa shape index (κ1) is 13.3. The molecule has 1 atom stereocenters. The Morgan fingerprint density at radius 1 is 1.22 bits per heavy atom. The highest BCUT2D eigenvalue weighted by molar-refractivity contribution is 5.33. The Morgan fingerprint density at radius 3 is 2.67 bits per heavy atom. The van der Waals surface area contributed by atoms with Crippen LogP contribution in [0.1, 0.15) is 46.0 Å². The minimum atomic E-state index is 0.259. The van der Waals surface area contributed by atoms with Crippen molar-refractivity contribution in [3.8, 4) is 11.5 Å². The average Bonchev–Trinajstić information content (AvgIpc) is 2.90. The van der Waals surface area contributed by atoms with Gasteiger partial charge in [-0.2, -0.15) is 0 Å². The van der Waals surface area contributed by atoms with E-state index >= 15 is 0 Å². The van der Waals surface area contributed by atoms with E-state index in [1.54, 1.807) is 0 Å². The predicted octanol–water partition coefficient (Wildman–Crippen LogP) is 4.43. The van der Waals surface area contributed by atoms with Gasteiger partial charge >= 0.3 is 0 Å². The van der Waals surface area contributed by atoms with E-state index < -0.39 is 0 Å². The maximum Gasteiger partial charge on any atom is 0.123 e. The molecule has 2 nitrogen and oxygen atoms in total. The molecule has 1 aliphatic rings. The smallest absolute Gasteiger partial charge is 0.123 e. The Labute approximate surface area is 110 Å². The lowest BCUT2D eigenvalue weighted by Gasteiger charge is -2.15. The summed E-state index contributed by atoms with van der Waals surface area (Å²) in [6.07, 6.45) is 6.66. The zero-order chi connectivity index (χ0) is 12.8. The van der Waals surface area contributed by atoms with Crippen LogP contribution in [-0.2, 0) is 0 Å². The van der Waals surface area contributed by atoms with Crippen LogP contribution in [0.4, 0.5) is 0 Å². The highest BCUT2D eigenvalue weighted by atomic mass is 16.5. The van der Waals surface area contributed by atoms with Crippen molar-refractivity contribution in [2.75, 3.05) is 6.61 Å². The third kappa shape index (κ3) is 3.94. The molecule has 1 saturated carbocycles. The molecular formula is C16H24O2. The lowest BCUT2D eigenvalue weighted by atomic mass is 10.1. The molecule has 2 heteroatoms. The number of ether oxygens (including phenoxy) is 2. The summed E-state index contributed by atoms with van der Waals surface area (Å²) in [6, 6.07) is 8.01. The van der Waals surface area contributed by atoms with Gasteiger partial charge in [-0.25, -0.2) is 0 Å². The van der Waals surface area contributed by atoms with E-state index in [0.717, 1.165) is 30.4 Å². The molecule has 1 aliphatic carbocycles. The minimum Gasteiger partial charge on any atom is -0.493 e. The molecule has 0 radical (unpaired) electrons. The van der Waals surface area contributed by atoms with E-state index in [4.69, 9.17) is 9.47 Å². The summed E-state index contributed by atoms with van der Waals surface area (Å²) in [4.78, 5) is 0. The lowest BCUT2D eigenvalue weighted by Crippen LogP contribution is -2.10. The van der Waals surface area contributed by atoms with Crippen LogP contribution in [0.2, 0.25) is 0 Å². The Hall–Kier alpha value is -1.18. The molecule has 0 N–H and O–H groups in total. The second-order valence-corrected chi connectivity index (χ2v) is 5.27. The minimum absolute atomic E-state index is 0.259. The van der Waals surface area contributed by atoms with Crippen LogP contribution in [0.5, 0.6) is 11.5 Å². The first-order chi connectivity index (χ1) is 8.78. The topological polar surface area (TPSA) is 18.5 Å². The van der Waals surface area contributed by atoms with E-state index in [1.807, 2.05) is 24.3 Å². The quantitative estimate of drug-likeness (QED) is 0.741. The second-order valence-electron chi connectivity index (χ2n) is 5.27. The Balaban J connectivity index is 1.86. The van der Waals surface area contributed by atoms with Gasteiger partial charge in [0.1, 0.15) is 11.5 Å². The van der Waals surface area contributed by atoms with Crippen molar-refractivity contribution in [3.63, 3.8) is 0 Å². The van der Waals surface area contributed by atoms with Crippen LogP contribution < -0.4 is 9.47 Å². The van der Waals surface area contributed by atoms with E-state index in [9.17, 15) is 0 Å². The van der Waals surface area contributed by atoms with E-state index in [2.05, 4.69) is 13.8 Å². The summed E-state index contributed by atoms with van der Waals surface area (Å²) < 4.78 is 11.7. The highest BCUT2D eigenvalue weighted by Gasteiger charge is 2.15. The molecule has 0 bridgehead atoms. The van der Waals surface area contributed by atoms with Crippen molar-refractivity contribution in [1.82, 2.24) is 0 Å². The zero-order valence-corrected chi connectivity index (χ0v) is 11.5. The van der Waals surface area contributed by atoms with Gasteiger partial charge < -0.3 is 9.47 Å². The second kappa shape index (κ2) is 6.67. The van der Waals surface area contributed by atoms with Crippen molar-refractivity contribution in [3.05, 3.63) is 24.3 Å². The van der Waals surface area contributed by atoms with Crippen molar-refractivity contribution in [1.29, 1.82) is 0 Å². The van der Waals surface area contributed by atoms with Gasteiger partial charge in [-0.05, 0) is 44.2 Å². The molecule has 100 valence electrons. The molecule has 0 amide bonds. The van der Waals surface area contributed by atoms with E-state index in [1.165, 1.54) is 25.7 Å². The van der Waals surface area contributed by atoms with Crippen LogP contribution >= 0.6 is 0 Å². The standard InChI is InChI=1S/C16H24O2/c1-3-13(2)18-16-10-6-9-15(11-16)17-12-14-7-4-5-8-14/h6,9-11,13-14H,3-5,7-8,12H2,1-2H3/t13-/m1/s1. The van der Waals surface area contributed by atoms with Crippen molar-refractivity contribution < 1.29 is 9.47 Å². The number of benzene rings is 1. The molecule has 2 rings (SSSR count). The van der Waals surface area contributed by atoms with Gasteiger partial charge in [0.2, 0.25) is 0 Å². The summed E-state index contributed by atoms with van der Waals surface area (Å²) >= 11 is 0. The summed E-state index contributed by atoms with van der Waals surface area (Å²) in [5, 5.41) is 0. The van der Waals surface area contributed by atoms with Crippen molar-refractivity contribution >= 4 is 0 Å². The van der Waals surface area contributed by atoms with Crippen LogP contribution in [-0.4, -0.2) is 12.7 Å². The van der Waals surface area contributed by atoms with Gasteiger partial charge in [0.05, 0.1) is 12.7 Å². The molecule has 0 aromatic heterocycles. The third-order valence-corrected chi connectivity index (χ3v) is 3.68. The molecule has 1 fully saturated rings. The normalized spacial score (nSPS) is 17.7. The molecule has 0 heterocycles. The summed E-state index contributed by atoms with van der Waals surface area (Å²) in [7, 11) is 0. The largest absolute Gasteiger partial charge is 0.493 e. The number of rotatable bonds is 6.